The Bertz CT molecular complexity index is 2470. The van der Waals surface area contributed by atoms with Crippen LogP contribution in [0.4, 0.5) is 11.4 Å². The van der Waals surface area contributed by atoms with E-state index in [0.717, 1.165) is 42.1 Å². The number of rotatable bonds is 14. The van der Waals surface area contributed by atoms with Crippen LogP contribution >= 0.6 is 58.2 Å². The van der Waals surface area contributed by atoms with Gasteiger partial charge in [-0.3, -0.25) is 4.79 Å². The van der Waals surface area contributed by atoms with Crippen LogP contribution in [0.2, 0.25) is 20.1 Å². The largest absolute Gasteiger partial charge is 0.380 e. The van der Waals surface area contributed by atoms with Crippen molar-refractivity contribution < 1.29 is 28.8 Å². The van der Waals surface area contributed by atoms with Crippen molar-refractivity contribution in [3.8, 4) is 0 Å². The summed E-state index contributed by atoms with van der Waals surface area (Å²) in [4.78, 5) is 23.5. The number of epoxide rings is 2. The number of fused-ring (bicyclic) bond motifs is 2. The van der Waals surface area contributed by atoms with Crippen LogP contribution in [0.5, 0.6) is 0 Å². The number of allylic oxidation sites excluding steroid dienone is 1. The summed E-state index contributed by atoms with van der Waals surface area (Å²) in [6.07, 6.45) is 9.03. The number of aliphatic hydroxyl groups is 1. The van der Waals surface area contributed by atoms with E-state index >= 15 is 0 Å². The van der Waals surface area contributed by atoms with Gasteiger partial charge in [0.2, 0.25) is 0 Å². The van der Waals surface area contributed by atoms with E-state index in [1.54, 1.807) is 18.6 Å². The minimum atomic E-state index is -1.41. The number of halogens is 4. The van der Waals surface area contributed by atoms with Gasteiger partial charge in [-0.2, -0.15) is 0 Å². The number of ketones is 1. The number of anilines is 2. The number of carbonyl (C=O) groups excluding carboxylic acids is 1. The summed E-state index contributed by atoms with van der Waals surface area (Å²) in [5.74, 6) is -0.0705. The highest BCUT2D eigenvalue weighted by Crippen LogP contribution is 2.61. The molecule has 0 bridgehead atoms. The second-order valence-corrected chi connectivity index (χ2v) is 20.5. The minimum Gasteiger partial charge on any atom is -0.380 e. The number of hydrogen-bond acceptors (Lipinski definition) is 10. The molecule has 1 aromatic heterocycles. The fraction of sp³-hybridized carbons (Fsp3) is 0.412. The maximum Gasteiger partial charge on any atom is 0.164 e. The minimum absolute atomic E-state index is 0.0705. The molecule has 4 aliphatic rings. The lowest BCUT2D eigenvalue weighted by atomic mass is 9.65. The fourth-order valence-corrected chi connectivity index (χ4v) is 10.7. The monoisotopic (exact) mass is 994 g/mol. The van der Waals surface area contributed by atoms with Crippen LogP contribution in [-0.4, -0.2) is 95.3 Å². The van der Waals surface area contributed by atoms with Gasteiger partial charge in [-0.25, -0.2) is 4.98 Å². The summed E-state index contributed by atoms with van der Waals surface area (Å²) in [6.45, 7) is 9.54. The van der Waals surface area contributed by atoms with Crippen LogP contribution in [0, 0.1) is 0 Å². The van der Waals surface area contributed by atoms with Crippen LogP contribution < -0.4 is 4.90 Å². The second-order valence-electron chi connectivity index (χ2n) is 17.7. The second kappa shape index (κ2) is 21.9. The number of nitrogens with zero attached hydrogens (tertiary/aromatic N) is 4. The van der Waals surface area contributed by atoms with Crippen molar-refractivity contribution in [1.82, 2.24) is 14.5 Å². The van der Waals surface area contributed by atoms with Gasteiger partial charge in [-0.05, 0) is 121 Å². The van der Waals surface area contributed by atoms with E-state index in [1.807, 2.05) is 85.8 Å². The number of para-hydroxylation sites is 1. The van der Waals surface area contributed by atoms with Gasteiger partial charge >= 0.3 is 0 Å². The molecule has 5 aromatic rings. The number of benzene rings is 4. The van der Waals surface area contributed by atoms with Crippen molar-refractivity contribution in [2.75, 3.05) is 45.8 Å². The van der Waals surface area contributed by atoms with Gasteiger partial charge in [0.25, 0.3) is 0 Å². The van der Waals surface area contributed by atoms with Crippen LogP contribution in [0.1, 0.15) is 63.7 Å². The summed E-state index contributed by atoms with van der Waals surface area (Å²) in [5.41, 5.74) is 2.76. The molecule has 15 heteroatoms. The molecule has 1 unspecified atom stereocenters. The number of methoxy groups -OCH3 is 1. The SMILES string of the molecule is CN(C)CCCN1c2ccccc2Sc2ccc(Cl)cc21.CO[C@@H]1C(=O)CC[C@]2(CO2)[C@@]1(O)[C@]1(C)O[C@@H]1CC=C(C)C.Clc1ccc(COC(Cn2ccnc2)c2ccc(Cl)cc2Cl)cc1. The van der Waals surface area contributed by atoms with E-state index in [-0.39, 0.29) is 18.0 Å². The van der Waals surface area contributed by atoms with Gasteiger partial charge in [-0.1, -0.05) is 100 Å². The summed E-state index contributed by atoms with van der Waals surface area (Å²) < 4.78 is 24.9. The highest BCUT2D eigenvalue weighted by molar-refractivity contribution is 7.99. The first-order valence-electron chi connectivity index (χ1n) is 22.1. The Morgan fingerprint density at radius 1 is 0.985 bits per heavy atom. The molecule has 2 saturated heterocycles. The van der Waals surface area contributed by atoms with Crippen molar-refractivity contribution in [3.05, 3.63) is 147 Å². The lowest BCUT2D eigenvalue weighted by Gasteiger charge is -2.45. The molecule has 1 aliphatic carbocycles. The first-order chi connectivity index (χ1) is 31.6. The third-order valence-electron chi connectivity index (χ3n) is 12.5. The standard InChI is InChI=1S/C18H15Cl3N2O.C17H19ClN2S.C16H24O5/c19-14-3-1-13(2-4-14)11-24-18(10-23-8-7-22-12-23)16-6-5-15(20)9-17(16)21;1-19(2)10-5-11-20-14-6-3-4-7-16(14)21-17-9-8-13(18)12-15(17)20;1-10(2)5-6-12-14(3,21-12)16(18)13(19-4)11(17)7-8-15(16)9-20-15/h1-9,12,18H,10-11H2;3-4,6-9,12H,5,10-11H2,1-2H3;5,12-13,18H,6-9H2,1-4H3/t;;12-,13-,14-,15+,16+/m..1/s1. The molecular formula is C51H58Cl4N4O6S. The molecule has 66 heavy (non-hydrogen) atoms. The van der Waals surface area contributed by atoms with Gasteiger partial charge in [0.05, 0.1) is 43.6 Å². The predicted octanol–water partition coefficient (Wildman–Crippen LogP) is 12.1. The Labute approximate surface area is 413 Å². The average Bonchev–Trinajstić information content (AvgIpc) is 4.16. The molecule has 352 valence electrons. The number of Topliss-reactive ketones (excluding diaryl/α,β-unsaturated/α-hetero) is 1. The molecule has 0 radical (unpaired) electrons. The molecule has 3 fully saturated rings. The van der Waals surface area contributed by atoms with E-state index in [1.165, 1.54) is 33.8 Å². The molecule has 1 saturated carbocycles. The molecule has 4 aromatic carbocycles. The van der Waals surface area contributed by atoms with Crippen molar-refractivity contribution >= 4 is 75.3 Å². The van der Waals surface area contributed by atoms with Crippen molar-refractivity contribution in [2.24, 2.45) is 0 Å². The topological polar surface area (TPSA) is 105 Å². The third kappa shape index (κ3) is 11.5. The van der Waals surface area contributed by atoms with Gasteiger partial charge in [0, 0.05) is 67.9 Å². The van der Waals surface area contributed by atoms with E-state index < -0.39 is 22.9 Å². The number of ether oxygens (including phenoxy) is 4. The Morgan fingerprint density at radius 2 is 1.68 bits per heavy atom. The first kappa shape index (κ1) is 50.4. The number of carbonyl (C=O) groups is 1. The molecule has 4 heterocycles. The highest BCUT2D eigenvalue weighted by Gasteiger charge is 2.81. The predicted molar refractivity (Wildman–Crippen MR) is 266 cm³/mol. The molecule has 1 spiro atoms. The van der Waals surface area contributed by atoms with Crippen molar-refractivity contribution in [2.45, 2.75) is 105 Å². The quantitative estimate of drug-likeness (QED) is 0.0854. The van der Waals surface area contributed by atoms with Gasteiger partial charge in [0.15, 0.2) is 11.4 Å². The highest BCUT2D eigenvalue weighted by atomic mass is 35.5. The van der Waals surface area contributed by atoms with Crippen molar-refractivity contribution in [1.29, 1.82) is 0 Å². The van der Waals surface area contributed by atoms with Crippen LogP contribution in [-0.2, 0) is 36.9 Å². The maximum absolute atomic E-state index is 12.2. The molecular weight excluding hydrogens is 938 g/mol. The lowest BCUT2D eigenvalue weighted by Crippen LogP contribution is -2.69. The average molecular weight is 997 g/mol. The first-order valence-corrected chi connectivity index (χ1v) is 24.4. The maximum atomic E-state index is 12.2. The molecule has 9 rings (SSSR count). The van der Waals surface area contributed by atoms with Gasteiger partial charge < -0.3 is 38.4 Å². The van der Waals surface area contributed by atoms with Crippen LogP contribution in [0.15, 0.2) is 125 Å². The Hall–Kier alpha value is -3.43. The Morgan fingerprint density at radius 3 is 2.35 bits per heavy atom. The molecule has 6 atom stereocenters. The smallest absolute Gasteiger partial charge is 0.164 e. The Balaban J connectivity index is 0.000000148. The van der Waals surface area contributed by atoms with Crippen LogP contribution in [0.25, 0.3) is 0 Å². The zero-order valence-corrected chi connectivity index (χ0v) is 42.0. The lowest BCUT2D eigenvalue weighted by molar-refractivity contribution is -0.193. The van der Waals surface area contributed by atoms with Gasteiger partial charge in [0.1, 0.15) is 23.4 Å². The zero-order valence-electron chi connectivity index (χ0n) is 38.2. The summed E-state index contributed by atoms with van der Waals surface area (Å²) in [7, 11) is 5.70. The molecule has 10 nitrogen and oxygen atoms in total. The fourth-order valence-electron chi connectivity index (χ4n) is 8.75. The summed E-state index contributed by atoms with van der Waals surface area (Å²) in [6, 6.07) is 27.8. The molecule has 0 amide bonds. The number of imidazole rings is 1. The molecule has 3 aliphatic heterocycles. The molecule has 1 N–H and O–H groups in total. The van der Waals surface area contributed by atoms with E-state index in [9.17, 15) is 9.90 Å². The number of aromatic nitrogens is 2. The van der Waals surface area contributed by atoms with E-state index in [4.69, 9.17) is 65.4 Å². The van der Waals surface area contributed by atoms with E-state index in [0.29, 0.717) is 47.7 Å². The van der Waals surface area contributed by atoms with E-state index in [2.05, 4.69) is 71.4 Å². The third-order valence-corrected chi connectivity index (χ3v) is 14.7. The summed E-state index contributed by atoms with van der Waals surface area (Å²) in [5, 5.41) is 14.1. The number of hydrogen-bond donors (Lipinski definition) is 1. The van der Waals surface area contributed by atoms with Crippen LogP contribution in [0.3, 0.4) is 0 Å². The zero-order chi connectivity index (χ0) is 47.2. The normalized spacial score (nSPS) is 24.1. The Kier molecular flexibility index (Phi) is 16.7. The summed E-state index contributed by atoms with van der Waals surface area (Å²) >= 11 is 26.3. The van der Waals surface area contributed by atoms with Gasteiger partial charge in [-0.15, -0.1) is 0 Å². The van der Waals surface area contributed by atoms with Crippen molar-refractivity contribution in [3.63, 3.8) is 0 Å².